The Balaban J connectivity index is 2.04. The first-order valence-electron chi connectivity index (χ1n) is 5.22. The van der Waals surface area contributed by atoms with Gasteiger partial charge in [-0.25, -0.2) is 4.98 Å². The van der Waals surface area contributed by atoms with Gasteiger partial charge in [0.25, 0.3) is 0 Å². The summed E-state index contributed by atoms with van der Waals surface area (Å²) in [6.07, 6.45) is 1.52. The number of aromatic amines is 1. The minimum absolute atomic E-state index is 0.124. The first-order chi connectivity index (χ1) is 9.13. The average Bonchev–Trinajstić information content (AvgIpc) is 2.82. The monoisotopic (exact) mass is 313 g/mol. The number of hydrogen-bond acceptors (Lipinski definition) is 4. The van der Waals surface area contributed by atoms with E-state index in [1.165, 1.54) is 6.33 Å². The van der Waals surface area contributed by atoms with Crippen LogP contribution in [-0.4, -0.2) is 19.9 Å². The standard InChI is InChI=1S/C11H6Cl3N5/c12-6-2-1-5(3-7(6)13)17-10-8-9(16-4-15-8)18-11(14)19-10/h1-4H,(H2,15,16,17,18,19). The molecule has 0 unspecified atom stereocenters. The highest BCUT2D eigenvalue weighted by Gasteiger charge is 2.10. The summed E-state index contributed by atoms with van der Waals surface area (Å²) >= 11 is 17.7. The molecule has 0 aliphatic heterocycles. The maximum atomic E-state index is 5.96. The van der Waals surface area contributed by atoms with Crippen molar-refractivity contribution in [1.82, 2.24) is 19.9 Å². The van der Waals surface area contributed by atoms with Crippen molar-refractivity contribution < 1.29 is 0 Å². The van der Waals surface area contributed by atoms with Crippen molar-refractivity contribution in [3.8, 4) is 0 Å². The first kappa shape index (κ1) is 12.5. The van der Waals surface area contributed by atoms with Crippen LogP contribution < -0.4 is 5.32 Å². The van der Waals surface area contributed by atoms with Crippen LogP contribution in [-0.2, 0) is 0 Å². The summed E-state index contributed by atoms with van der Waals surface area (Å²) < 4.78 is 0. The number of halogens is 3. The lowest BCUT2D eigenvalue weighted by Gasteiger charge is -2.07. The van der Waals surface area contributed by atoms with E-state index in [-0.39, 0.29) is 5.28 Å². The molecule has 5 nitrogen and oxygen atoms in total. The predicted octanol–water partition coefficient (Wildman–Crippen LogP) is 4.06. The Morgan fingerprint density at radius 2 is 1.89 bits per heavy atom. The van der Waals surface area contributed by atoms with Crippen LogP contribution in [0.25, 0.3) is 11.2 Å². The molecule has 0 atom stereocenters. The molecule has 0 saturated heterocycles. The molecular weight excluding hydrogens is 309 g/mol. The van der Waals surface area contributed by atoms with Crippen LogP contribution in [0.2, 0.25) is 15.3 Å². The molecule has 0 bridgehead atoms. The van der Waals surface area contributed by atoms with E-state index in [1.807, 2.05) is 0 Å². The van der Waals surface area contributed by atoms with Crippen LogP contribution in [0.5, 0.6) is 0 Å². The van der Waals surface area contributed by atoms with E-state index in [0.717, 1.165) is 5.69 Å². The van der Waals surface area contributed by atoms with Crippen LogP contribution in [0.15, 0.2) is 24.5 Å². The fourth-order valence-electron chi connectivity index (χ4n) is 1.61. The van der Waals surface area contributed by atoms with Crippen molar-refractivity contribution in [1.29, 1.82) is 0 Å². The Morgan fingerprint density at radius 3 is 2.68 bits per heavy atom. The fraction of sp³-hybridized carbons (Fsp3) is 0. The van der Waals surface area contributed by atoms with E-state index in [2.05, 4.69) is 25.3 Å². The number of nitrogens with one attached hydrogen (secondary N) is 2. The van der Waals surface area contributed by atoms with Crippen molar-refractivity contribution in [2.45, 2.75) is 0 Å². The molecule has 2 heterocycles. The van der Waals surface area contributed by atoms with Gasteiger partial charge in [0, 0.05) is 5.69 Å². The number of aromatic nitrogens is 4. The topological polar surface area (TPSA) is 66.5 Å². The summed E-state index contributed by atoms with van der Waals surface area (Å²) in [5.41, 5.74) is 1.88. The Bertz CT molecular complexity index is 755. The lowest BCUT2D eigenvalue weighted by atomic mass is 10.3. The Labute approximate surface area is 122 Å². The molecule has 0 radical (unpaired) electrons. The van der Waals surface area contributed by atoms with Gasteiger partial charge in [-0.15, -0.1) is 0 Å². The third-order valence-corrected chi connectivity index (χ3v) is 3.34. The molecule has 3 aromatic rings. The summed E-state index contributed by atoms with van der Waals surface area (Å²) in [4.78, 5) is 15.1. The van der Waals surface area contributed by atoms with Crippen LogP contribution in [0, 0.1) is 0 Å². The average molecular weight is 315 g/mol. The highest BCUT2D eigenvalue weighted by molar-refractivity contribution is 6.42. The van der Waals surface area contributed by atoms with Gasteiger partial charge in [0.1, 0.15) is 0 Å². The Morgan fingerprint density at radius 1 is 1.05 bits per heavy atom. The van der Waals surface area contributed by atoms with Gasteiger partial charge in [-0.2, -0.15) is 9.97 Å². The largest absolute Gasteiger partial charge is 0.338 e. The van der Waals surface area contributed by atoms with Gasteiger partial charge in [-0.1, -0.05) is 23.2 Å². The van der Waals surface area contributed by atoms with E-state index in [9.17, 15) is 0 Å². The van der Waals surface area contributed by atoms with E-state index >= 15 is 0 Å². The van der Waals surface area contributed by atoms with Crippen molar-refractivity contribution >= 4 is 57.5 Å². The summed E-state index contributed by atoms with van der Waals surface area (Å²) in [5.74, 6) is 0.495. The Hall–Kier alpha value is -1.56. The summed E-state index contributed by atoms with van der Waals surface area (Å²) in [6.45, 7) is 0. The van der Waals surface area contributed by atoms with Crippen LogP contribution >= 0.6 is 34.8 Å². The second-order valence-corrected chi connectivity index (χ2v) is 4.85. The maximum Gasteiger partial charge on any atom is 0.226 e. The zero-order valence-corrected chi connectivity index (χ0v) is 11.6. The van der Waals surface area contributed by atoms with Crippen molar-refractivity contribution in [3.05, 3.63) is 39.9 Å². The van der Waals surface area contributed by atoms with Crippen molar-refractivity contribution in [2.24, 2.45) is 0 Å². The van der Waals surface area contributed by atoms with Crippen LogP contribution in [0.4, 0.5) is 11.5 Å². The number of anilines is 2. The maximum absolute atomic E-state index is 5.96. The van der Waals surface area contributed by atoms with Crippen LogP contribution in [0.3, 0.4) is 0 Å². The first-order valence-corrected chi connectivity index (χ1v) is 6.35. The summed E-state index contributed by atoms with van der Waals surface area (Å²) in [5, 5.41) is 4.14. The van der Waals surface area contributed by atoms with Crippen LogP contribution in [0.1, 0.15) is 0 Å². The smallest absolute Gasteiger partial charge is 0.226 e. The minimum Gasteiger partial charge on any atom is -0.338 e. The van der Waals surface area contributed by atoms with Crippen molar-refractivity contribution in [3.63, 3.8) is 0 Å². The van der Waals surface area contributed by atoms with E-state index in [0.29, 0.717) is 27.0 Å². The third-order valence-electron chi connectivity index (χ3n) is 2.43. The molecule has 0 aliphatic rings. The second-order valence-electron chi connectivity index (χ2n) is 3.69. The van der Waals surface area contributed by atoms with Gasteiger partial charge in [0.2, 0.25) is 5.28 Å². The number of H-pyrrole nitrogens is 1. The van der Waals surface area contributed by atoms with E-state index < -0.39 is 0 Å². The SMILES string of the molecule is Clc1nc(Nc2ccc(Cl)c(Cl)c2)c2nc[nH]c2n1. The molecule has 19 heavy (non-hydrogen) atoms. The minimum atomic E-state index is 0.124. The number of nitrogens with zero attached hydrogens (tertiary/aromatic N) is 3. The highest BCUT2D eigenvalue weighted by Crippen LogP contribution is 2.28. The number of hydrogen-bond donors (Lipinski definition) is 2. The zero-order valence-electron chi connectivity index (χ0n) is 9.28. The predicted molar refractivity (Wildman–Crippen MR) is 76.4 cm³/mol. The van der Waals surface area contributed by atoms with Crippen molar-refractivity contribution in [2.75, 3.05) is 5.32 Å². The van der Waals surface area contributed by atoms with Gasteiger partial charge in [0.05, 0.1) is 16.4 Å². The molecule has 8 heteroatoms. The highest BCUT2D eigenvalue weighted by atomic mass is 35.5. The number of fused-ring (bicyclic) bond motifs is 1. The molecule has 3 rings (SSSR count). The molecule has 0 amide bonds. The molecule has 1 aromatic carbocycles. The number of imidazole rings is 1. The molecule has 0 aliphatic carbocycles. The molecule has 96 valence electrons. The molecular formula is C11H6Cl3N5. The van der Waals surface area contributed by atoms with Gasteiger partial charge in [0.15, 0.2) is 17.0 Å². The molecule has 0 saturated carbocycles. The lowest BCUT2D eigenvalue weighted by molar-refractivity contribution is 1.20. The summed E-state index contributed by atoms with van der Waals surface area (Å²) in [7, 11) is 0. The van der Waals surface area contributed by atoms with E-state index in [4.69, 9.17) is 34.8 Å². The molecule has 0 spiro atoms. The summed E-state index contributed by atoms with van der Waals surface area (Å²) in [6, 6.07) is 5.16. The zero-order chi connectivity index (χ0) is 13.4. The van der Waals surface area contributed by atoms with Gasteiger partial charge >= 0.3 is 0 Å². The molecule has 2 aromatic heterocycles. The quantitative estimate of drug-likeness (QED) is 0.700. The fourth-order valence-corrected chi connectivity index (χ4v) is 2.07. The lowest BCUT2D eigenvalue weighted by Crippen LogP contribution is -1.97. The molecule has 2 N–H and O–H groups in total. The third kappa shape index (κ3) is 2.45. The second kappa shape index (κ2) is 4.85. The van der Waals surface area contributed by atoms with Gasteiger partial charge in [-0.05, 0) is 29.8 Å². The number of rotatable bonds is 2. The normalized spacial score (nSPS) is 10.9. The molecule has 0 fully saturated rings. The van der Waals surface area contributed by atoms with E-state index in [1.54, 1.807) is 18.2 Å². The van der Waals surface area contributed by atoms with Gasteiger partial charge in [-0.3, -0.25) is 0 Å². The Kier molecular flexibility index (Phi) is 3.18. The number of benzene rings is 1. The van der Waals surface area contributed by atoms with Gasteiger partial charge < -0.3 is 10.3 Å².